The highest BCUT2D eigenvalue weighted by Gasteiger charge is 2.18. The molecule has 9 heteroatoms. The highest BCUT2D eigenvalue weighted by molar-refractivity contribution is 7.99. The number of carboxylic acid groups (broad SMARTS) is 1. The molecule has 0 spiro atoms. The Morgan fingerprint density at radius 2 is 1.79 bits per heavy atom. The molecule has 0 unspecified atom stereocenters. The number of carbonyl (C=O) groups excluding carboxylic acids is 1. The number of hydrogen-bond acceptors (Lipinski definition) is 5. The second-order valence-corrected chi connectivity index (χ2v) is 7.49. The first-order valence-corrected chi connectivity index (χ1v) is 8.95. The molecule has 0 atom stereocenters. The van der Waals surface area contributed by atoms with E-state index < -0.39 is 21.8 Å². The highest BCUT2D eigenvalue weighted by atomic mass is 32.2. The van der Waals surface area contributed by atoms with Gasteiger partial charge in [0.15, 0.2) is 0 Å². The molecule has 0 saturated carbocycles. The molecule has 0 fully saturated rings. The summed E-state index contributed by atoms with van der Waals surface area (Å²) in [5, 5.41) is 10.9. The monoisotopic (exact) mass is 372 g/mol. The molecule has 2 aromatic carbocycles. The summed E-state index contributed by atoms with van der Waals surface area (Å²) in [5.41, 5.74) is 0.272. The van der Waals surface area contributed by atoms with Gasteiger partial charge < -0.3 is 9.90 Å². The highest BCUT2D eigenvalue weighted by Crippen LogP contribution is 2.27. The Bertz CT molecular complexity index is 852. The number of hydrogen-bond donors (Lipinski definition) is 1. The first-order valence-electron chi connectivity index (χ1n) is 6.59. The molecule has 0 radical (unpaired) electrons. The van der Waals surface area contributed by atoms with Crippen LogP contribution in [-0.2, 0) is 10.0 Å². The van der Waals surface area contributed by atoms with Crippen LogP contribution in [0, 0.1) is 6.92 Å². The number of sulfonamides is 1. The summed E-state index contributed by atoms with van der Waals surface area (Å²) < 4.78 is 51.6. The maximum atomic E-state index is 12.4. The van der Waals surface area contributed by atoms with Crippen LogP contribution in [0.15, 0.2) is 52.3 Å². The smallest absolute Gasteiger partial charge is 0.288 e. The van der Waals surface area contributed by atoms with Gasteiger partial charge in [0, 0.05) is 10.6 Å². The van der Waals surface area contributed by atoms with Gasteiger partial charge >= 0.3 is 0 Å². The van der Waals surface area contributed by atoms with Crippen molar-refractivity contribution in [3.8, 4) is 0 Å². The van der Waals surface area contributed by atoms with Crippen molar-refractivity contribution in [1.29, 1.82) is 0 Å². The summed E-state index contributed by atoms with van der Waals surface area (Å²) in [5.74, 6) is -4.05. The molecule has 0 bridgehead atoms. The molecule has 2 aromatic rings. The number of alkyl halides is 2. The molecule has 1 N–H and O–H groups in total. The number of aryl methyl sites for hydroxylation is 1. The van der Waals surface area contributed by atoms with Gasteiger partial charge in [-0.2, -0.15) is 8.78 Å². The normalized spacial score (nSPS) is 11.5. The van der Waals surface area contributed by atoms with E-state index in [9.17, 15) is 27.1 Å². The second kappa shape index (κ2) is 7.18. The fourth-order valence-electron chi connectivity index (χ4n) is 1.93. The third kappa shape index (κ3) is 4.45. The van der Waals surface area contributed by atoms with E-state index in [2.05, 4.69) is 4.72 Å². The van der Waals surface area contributed by atoms with Gasteiger partial charge in [0.2, 0.25) is 0 Å². The van der Waals surface area contributed by atoms with Crippen molar-refractivity contribution < 1.29 is 27.1 Å². The number of carboxylic acids is 1. The number of benzene rings is 2. The minimum Gasteiger partial charge on any atom is -0.545 e. The van der Waals surface area contributed by atoms with E-state index in [-0.39, 0.29) is 16.1 Å². The molecule has 0 aromatic heterocycles. The molecule has 0 aliphatic rings. The van der Waals surface area contributed by atoms with Crippen molar-refractivity contribution >= 4 is 33.4 Å². The number of rotatable bonds is 6. The molecule has 0 saturated heterocycles. The molecule has 24 heavy (non-hydrogen) atoms. The predicted octanol–water partition coefficient (Wildman–Crippen LogP) is 2.47. The van der Waals surface area contributed by atoms with Gasteiger partial charge in [0.25, 0.3) is 15.8 Å². The predicted molar refractivity (Wildman–Crippen MR) is 84.6 cm³/mol. The average molecular weight is 372 g/mol. The zero-order chi connectivity index (χ0) is 17.9. The quantitative estimate of drug-likeness (QED) is 0.788. The SMILES string of the molecule is Cc1ccc(C(=O)[O-])cc1S(=O)(=O)Nc1ccc(SC(F)F)cc1. The van der Waals surface area contributed by atoms with Gasteiger partial charge in [-0.05, 0) is 48.4 Å². The fraction of sp³-hybridized carbons (Fsp3) is 0.133. The third-order valence-electron chi connectivity index (χ3n) is 3.05. The van der Waals surface area contributed by atoms with E-state index >= 15 is 0 Å². The summed E-state index contributed by atoms with van der Waals surface area (Å²) in [6, 6.07) is 9.04. The molecule has 0 amide bonds. The number of aromatic carboxylic acids is 1. The topological polar surface area (TPSA) is 86.3 Å². The van der Waals surface area contributed by atoms with Crippen LogP contribution in [0.5, 0.6) is 0 Å². The van der Waals surface area contributed by atoms with Crippen LogP contribution < -0.4 is 9.83 Å². The van der Waals surface area contributed by atoms with E-state index in [1.54, 1.807) is 0 Å². The lowest BCUT2D eigenvalue weighted by atomic mass is 10.1. The number of carbonyl (C=O) groups is 1. The molecule has 128 valence electrons. The fourth-order valence-corrected chi connectivity index (χ4v) is 3.76. The second-order valence-electron chi connectivity index (χ2n) is 4.78. The Morgan fingerprint density at radius 3 is 2.33 bits per heavy atom. The van der Waals surface area contributed by atoms with Gasteiger partial charge in [-0.1, -0.05) is 23.9 Å². The van der Waals surface area contributed by atoms with Gasteiger partial charge in [0.1, 0.15) is 0 Å². The van der Waals surface area contributed by atoms with Gasteiger partial charge in [-0.3, -0.25) is 4.72 Å². The van der Waals surface area contributed by atoms with Crippen molar-refractivity contribution in [2.24, 2.45) is 0 Å². The summed E-state index contributed by atoms with van der Waals surface area (Å²) in [6.07, 6.45) is 0. The largest absolute Gasteiger partial charge is 0.545 e. The summed E-state index contributed by atoms with van der Waals surface area (Å²) in [7, 11) is -4.03. The first kappa shape index (κ1) is 18.2. The molecule has 0 heterocycles. The summed E-state index contributed by atoms with van der Waals surface area (Å²) >= 11 is 0.346. The van der Waals surface area contributed by atoms with Gasteiger partial charge in [-0.25, -0.2) is 8.42 Å². The third-order valence-corrected chi connectivity index (χ3v) is 5.29. The van der Waals surface area contributed by atoms with Gasteiger partial charge in [0.05, 0.1) is 10.9 Å². The maximum absolute atomic E-state index is 12.4. The van der Waals surface area contributed by atoms with Crippen molar-refractivity contribution in [3.63, 3.8) is 0 Å². The van der Waals surface area contributed by atoms with Crippen LogP contribution in [-0.4, -0.2) is 20.1 Å². The maximum Gasteiger partial charge on any atom is 0.288 e. The van der Waals surface area contributed by atoms with E-state index in [0.29, 0.717) is 22.2 Å². The lowest BCUT2D eigenvalue weighted by Crippen LogP contribution is -2.23. The molecule has 2 rings (SSSR count). The minimum atomic E-state index is -4.03. The Labute approximate surface area is 141 Å². The molecular weight excluding hydrogens is 360 g/mol. The summed E-state index contributed by atoms with van der Waals surface area (Å²) in [6.45, 7) is 1.52. The average Bonchev–Trinajstić information content (AvgIpc) is 2.48. The Morgan fingerprint density at radius 1 is 1.17 bits per heavy atom. The lowest BCUT2D eigenvalue weighted by Gasteiger charge is -2.12. The van der Waals surface area contributed by atoms with E-state index in [4.69, 9.17) is 0 Å². The summed E-state index contributed by atoms with van der Waals surface area (Å²) in [4.78, 5) is 11.0. The van der Waals surface area contributed by atoms with Crippen LogP contribution in [0.3, 0.4) is 0 Å². The van der Waals surface area contributed by atoms with E-state index in [1.807, 2.05) is 0 Å². The van der Waals surface area contributed by atoms with Gasteiger partial charge in [-0.15, -0.1) is 0 Å². The Hall–Kier alpha value is -2.13. The Balaban J connectivity index is 2.28. The standard InChI is InChI=1S/C15H13F2NO4S2/c1-9-2-3-10(14(19)20)8-13(9)24(21,22)18-11-4-6-12(7-5-11)23-15(16)17/h2-8,15,18H,1H3,(H,19,20)/p-1. The zero-order valence-corrected chi connectivity index (χ0v) is 14.0. The molecular formula is C15H12F2NO4S2-. The molecule has 5 nitrogen and oxygen atoms in total. The van der Waals surface area contributed by atoms with Crippen molar-refractivity contribution in [2.75, 3.05) is 4.72 Å². The van der Waals surface area contributed by atoms with E-state index in [0.717, 1.165) is 6.07 Å². The van der Waals surface area contributed by atoms with Crippen LogP contribution in [0.25, 0.3) is 0 Å². The van der Waals surface area contributed by atoms with Crippen LogP contribution in [0.4, 0.5) is 14.5 Å². The number of anilines is 1. The van der Waals surface area contributed by atoms with Crippen molar-refractivity contribution in [3.05, 3.63) is 53.6 Å². The van der Waals surface area contributed by atoms with E-state index in [1.165, 1.54) is 43.3 Å². The number of nitrogens with one attached hydrogen (secondary N) is 1. The molecule has 0 aliphatic heterocycles. The zero-order valence-electron chi connectivity index (χ0n) is 12.3. The lowest BCUT2D eigenvalue weighted by molar-refractivity contribution is -0.255. The minimum absolute atomic E-state index is 0.173. The van der Waals surface area contributed by atoms with Crippen molar-refractivity contribution in [2.45, 2.75) is 22.5 Å². The molecule has 0 aliphatic carbocycles. The van der Waals surface area contributed by atoms with Crippen molar-refractivity contribution in [1.82, 2.24) is 0 Å². The van der Waals surface area contributed by atoms with Crippen LogP contribution in [0.2, 0.25) is 0 Å². The number of halogens is 2. The van der Waals surface area contributed by atoms with Crippen LogP contribution in [0.1, 0.15) is 15.9 Å². The van der Waals surface area contributed by atoms with Crippen LogP contribution >= 0.6 is 11.8 Å². The Kier molecular flexibility index (Phi) is 5.45. The first-order chi connectivity index (χ1) is 11.2. The number of thioether (sulfide) groups is 1.